The fraction of sp³-hybridized carbons (Fsp3) is 0.579. The van der Waals surface area contributed by atoms with Crippen molar-refractivity contribution >= 4 is 11.8 Å². The highest BCUT2D eigenvalue weighted by atomic mass is 16.5. The third-order valence-electron chi connectivity index (χ3n) is 5.20. The molecule has 2 aliphatic rings. The first-order chi connectivity index (χ1) is 12.1. The molecule has 1 aliphatic heterocycles. The van der Waals surface area contributed by atoms with E-state index in [-0.39, 0.29) is 24.3 Å². The third kappa shape index (κ3) is 3.95. The zero-order valence-corrected chi connectivity index (χ0v) is 15.1. The van der Waals surface area contributed by atoms with Crippen molar-refractivity contribution in [2.75, 3.05) is 26.7 Å². The number of hydrogen-bond donors (Lipinski definition) is 2. The number of piperazine rings is 1. The Labute approximate surface area is 148 Å². The fourth-order valence-electron chi connectivity index (χ4n) is 3.78. The summed E-state index contributed by atoms with van der Waals surface area (Å²) in [5.41, 5.74) is 3.70. The number of aryl methyl sites for hydroxylation is 2. The van der Waals surface area contributed by atoms with Gasteiger partial charge in [0.05, 0.1) is 19.6 Å². The second-order valence-electron chi connectivity index (χ2n) is 6.70. The number of rotatable bonds is 6. The number of nitrogens with one attached hydrogen (secondary N) is 2. The summed E-state index contributed by atoms with van der Waals surface area (Å²) in [6.07, 6.45) is 3.56. The van der Waals surface area contributed by atoms with E-state index < -0.39 is 0 Å². The van der Waals surface area contributed by atoms with Crippen molar-refractivity contribution in [3.63, 3.8) is 0 Å². The predicted molar refractivity (Wildman–Crippen MR) is 95.5 cm³/mol. The molecule has 1 atom stereocenters. The highest BCUT2D eigenvalue weighted by Gasteiger charge is 2.30. The van der Waals surface area contributed by atoms with Crippen LogP contribution in [-0.4, -0.2) is 49.5 Å². The quantitative estimate of drug-likeness (QED) is 0.807. The van der Waals surface area contributed by atoms with Crippen molar-refractivity contribution in [3.05, 3.63) is 28.8 Å². The maximum absolute atomic E-state index is 12.4. The van der Waals surface area contributed by atoms with Crippen molar-refractivity contribution in [3.8, 4) is 5.75 Å². The lowest BCUT2D eigenvalue weighted by Crippen LogP contribution is -2.56. The molecular weight excluding hydrogens is 318 g/mol. The minimum Gasteiger partial charge on any atom is -0.496 e. The van der Waals surface area contributed by atoms with Gasteiger partial charge in [0.25, 0.3) is 0 Å². The highest BCUT2D eigenvalue weighted by Crippen LogP contribution is 2.29. The Balaban J connectivity index is 1.61. The van der Waals surface area contributed by atoms with Gasteiger partial charge in [0.15, 0.2) is 0 Å². The Morgan fingerprint density at radius 3 is 2.84 bits per heavy atom. The molecule has 3 rings (SSSR count). The molecule has 0 saturated carbocycles. The normalized spacial score (nSPS) is 20.1. The van der Waals surface area contributed by atoms with Crippen LogP contribution >= 0.6 is 0 Å². The number of fused-ring (bicyclic) bond motifs is 1. The van der Waals surface area contributed by atoms with E-state index in [1.54, 1.807) is 7.11 Å². The smallest absolute Gasteiger partial charge is 0.237 e. The molecule has 6 heteroatoms. The Morgan fingerprint density at radius 2 is 2.12 bits per heavy atom. The van der Waals surface area contributed by atoms with Crippen molar-refractivity contribution in [2.24, 2.45) is 0 Å². The molecule has 1 fully saturated rings. The Morgan fingerprint density at radius 1 is 1.36 bits per heavy atom. The summed E-state index contributed by atoms with van der Waals surface area (Å²) in [7, 11) is 1.66. The van der Waals surface area contributed by atoms with Crippen LogP contribution in [0.15, 0.2) is 12.1 Å². The van der Waals surface area contributed by atoms with Gasteiger partial charge in [-0.3, -0.25) is 14.5 Å². The first kappa shape index (κ1) is 17.7. The molecule has 1 aromatic carbocycles. The molecule has 1 saturated heterocycles. The first-order valence-corrected chi connectivity index (χ1v) is 9.09. The summed E-state index contributed by atoms with van der Waals surface area (Å²) in [4.78, 5) is 26.5. The average Bonchev–Trinajstić information content (AvgIpc) is 3.08. The minimum absolute atomic E-state index is 0.0571. The van der Waals surface area contributed by atoms with Gasteiger partial charge in [-0.15, -0.1) is 0 Å². The zero-order chi connectivity index (χ0) is 17.8. The number of nitrogens with zero attached hydrogens (tertiary/aromatic N) is 1. The van der Waals surface area contributed by atoms with Gasteiger partial charge in [0, 0.05) is 25.2 Å². The second kappa shape index (κ2) is 7.87. The van der Waals surface area contributed by atoms with E-state index in [9.17, 15) is 9.59 Å². The lowest BCUT2D eigenvalue weighted by atomic mass is 10.0. The van der Waals surface area contributed by atoms with E-state index in [0.717, 1.165) is 37.2 Å². The number of carbonyl (C=O) groups is 2. The summed E-state index contributed by atoms with van der Waals surface area (Å²) in [5.74, 6) is 0.660. The van der Waals surface area contributed by atoms with Gasteiger partial charge in [-0.25, -0.2) is 0 Å². The number of methoxy groups -OCH3 is 1. The standard InChI is InChI=1S/C19H27N3O3/c1-3-22-8-7-20-19(24)16(22)11-18(23)21-12-15-9-13-5-4-6-14(13)10-17(15)25-2/h9-10,16H,3-8,11-12H2,1-2H3,(H,20,24)(H,21,23)/t16-/m1/s1. The van der Waals surface area contributed by atoms with Crippen LogP contribution in [0.3, 0.4) is 0 Å². The molecule has 2 N–H and O–H groups in total. The molecule has 2 amide bonds. The topological polar surface area (TPSA) is 70.7 Å². The molecule has 0 unspecified atom stereocenters. The largest absolute Gasteiger partial charge is 0.496 e. The first-order valence-electron chi connectivity index (χ1n) is 9.09. The van der Waals surface area contributed by atoms with Crippen molar-refractivity contribution in [1.29, 1.82) is 0 Å². The van der Waals surface area contributed by atoms with Crippen molar-refractivity contribution < 1.29 is 14.3 Å². The van der Waals surface area contributed by atoms with Crippen molar-refractivity contribution in [2.45, 2.75) is 45.2 Å². The van der Waals surface area contributed by atoms with Crippen LogP contribution < -0.4 is 15.4 Å². The SMILES string of the molecule is CCN1CCNC(=O)[C@H]1CC(=O)NCc1cc2c(cc1OC)CCC2. The maximum Gasteiger partial charge on any atom is 0.237 e. The number of amides is 2. The van der Waals surface area contributed by atoms with E-state index in [0.29, 0.717) is 13.1 Å². The fourth-order valence-corrected chi connectivity index (χ4v) is 3.78. The van der Waals surface area contributed by atoms with Crippen LogP contribution in [0.5, 0.6) is 5.75 Å². The summed E-state index contributed by atoms with van der Waals surface area (Å²) in [6, 6.07) is 3.87. The molecule has 0 aromatic heterocycles. The van der Waals surface area contributed by atoms with Gasteiger partial charge in [-0.05, 0) is 43.0 Å². The minimum atomic E-state index is -0.374. The Kier molecular flexibility index (Phi) is 5.58. The summed E-state index contributed by atoms with van der Waals surface area (Å²) >= 11 is 0. The van der Waals surface area contributed by atoms with Gasteiger partial charge in [0.1, 0.15) is 5.75 Å². The van der Waals surface area contributed by atoms with Crippen molar-refractivity contribution in [1.82, 2.24) is 15.5 Å². The third-order valence-corrected chi connectivity index (χ3v) is 5.20. The molecule has 136 valence electrons. The van der Waals surface area contributed by atoms with Crippen LogP contribution in [-0.2, 0) is 29.0 Å². The number of carbonyl (C=O) groups excluding carboxylic acids is 2. The molecule has 25 heavy (non-hydrogen) atoms. The van der Waals surface area contributed by atoms with Gasteiger partial charge in [-0.2, -0.15) is 0 Å². The van der Waals surface area contributed by atoms with Crippen LogP contribution in [0.1, 0.15) is 36.5 Å². The van der Waals surface area contributed by atoms with Gasteiger partial charge >= 0.3 is 0 Å². The molecular formula is C19H27N3O3. The van der Waals surface area contributed by atoms with Gasteiger partial charge < -0.3 is 15.4 Å². The van der Waals surface area contributed by atoms with E-state index in [1.807, 2.05) is 11.8 Å². The lowest BCUT2D eigenvalue weighted by Gasteiger charge is -2.33. The average molecular weight is 345 g/mol. The number of benzene rings is 1. The Hall–Kier alpha value is -2.08. The van der Waals surface area contributed by atoms with Crippen LogP contribution in [0, 0.1) is 0 Å². The maximum atomic E-state index is 12.4. The molecule has 6 nitrogen and oxygen atoms in total. The van der Waals surface area contributed by atoms with Crippen LogP contribution in [0.25, 0.3) is 0 Å². The highest BCUT2D eigenvalue weighted by molar-refractivity contribution is 5.88. The lowest BCUT2D eigenvalue weighted by molar-refractivity contribution is -0.133. The van der Waals surface area contributed by atoms with E-state index in [2.05, 4.69) is 22.8 Å². The van der Waals surface area contributed by atoms with E-state index in [1.165, 1.54) is 17.5 Å². The van der Waals surface area contributed by atoms with E-state index >= 15 is 0 Å². The molecule has 0 bridgehead atoms. The Bertz CT molecular complexity index is 660. The number of ether oxygens (including phenoxy) is 1. The van der Waals surface area contributed by atoms with Crippen LogP contribution in [0.2, 0.25) is 0 Å². The summed E-state index contributed by atoms with van der Waals surface area (Å²) in [6.45, 7) is 4.65. The van der Waals surface area contributed by atoms with Gasteiger partial charge in [-0.1, -0.05) is 13.0 Å². The molecule has 1 heterocycles. The van der Waals surface area contributed by atoms with E-state index in [4.69, 9.17) is 4.74 Å². The molecule has 0 spiro atoms. The number of hydrogen-bond acceptors (Lipinski definition) is 4. The predicted octanol–water partition coefficient (Wildman–Crippen LogP) is 1.01. The molecule has 1 aliphatic carbocycles. The zero-order valence-electron chi connectivity index (χ0n) is 15.1. The monoisotopic (exact) mass is 345 g/mol. The molecule has 1 aromatic rings. The van der Waals surface area contributed by atoms with Crippen LogP contribution in [0.4, 0.5) is 0 Å². The molecule has 0 radical (unpaired) electrons. The second-order valence-corrected chi connectivity index (χ2v) is 6.70. The number of likely N-dealkylation sites (N-methyl/N-ethyl adjacent to an activating group) is 1. The van der Waals surface area contributed by atoms with Gasteiger partial charge in [0.2, 0.25) is 11.8 Å². The summed E-state index contributed by atoms with van der Waals surface area (Å²) < 4.78 is 5.48. The summed E-state index contributed by atoms with van der Waals surface area (Å²) in [5, 5.41) is 5.79.